The highest BCUT2D eigenvalue weighted by Crippen LogP contribution is 2.20. The van der Waals surface area contributed by atoms with E-state index in [-0.39, 0.29) is 5.78 Å². The Kier molecular flexibility index (Phi) is 5.23. The third-order valence-electron chi connectivity index (χ3n) is 2.32. The number of carbonyl (C=O) groups is 1. The number of Topliss-reactive ketones (excluding diaryl/α,β-unsaturated/α-hetero) is 1. The van der Waals surface area contributed by atoms with Gasteiger partial charge in [-0.1, -0.05) is 20.8 Å². The van der Waals surface area contributed by atoms with Crippen molar-refractivity contribution in [3.8, 4) is 0 Å². The maximum atomic E-state index is 11.8. The van der Waals surface area contributed by atoms with Gasteiger partial charge >= 0.3 is 0 Å². The third-order valence-corrected chi connectivity index (χ3v) is 2.32. The normalized spacial score (nSPS) is 15.8. The molecule has 0 bridgehead atoms. The molecular formula is C11H22O2. The van der Waals surface area contributed by atoms with Crippen LogP contribution in [-0.2, 0) is 9.53 Å². The molecule has 0 aromatic rings. The third kappa shape index (κ3) is 3.90. The average molecular weight is 186 g/mol. The second kappa shape index (κ2) is 5.38. The molecule has 1 unspecified atom stereocenters. The summed E-state index contributed by atoms with van der Waals surface area (Å²) < 4.78 is 5.49. The fourth-order valence-corrected chi connectivity index (χ4v) is 1.28. The first-order valence-electron chi connectivity index (χ1n) is 5.13. The molecule has 0 amide bonds. The monoisotopic (exact) mass is 186 g/mol. The van der Waals surface area contributed by atoms with Crippen molar-refractivity contribution in [1.82, 2.24) is 0 Å². The molecule has 0 aliphatic carbocycles. The summed E-state index contributed by atoms with van der Waals surface area (Å²) >= 11 is 0. The summed E-state index contributed by atoms with van der Waals surface area (Å²) in [5, 5.41) is 0. The van der Waals surface area contributed by atoms with Crippen LogP contribution in [0.15, 0.2) is 0 Å². The minimum absolute atomic E-state index is 0.229. The number of hydrogen-bond donors (Lipinski definition) is 0. The Balaban J connectivity index is 4.28. The highest BCUT2D eigenvalue weighted by atomic mass is 16.5. The Bertz CT molecular complexity index is 163. The van der Waals surface area contributed by atoms with E-state index in [9.17, 15) is 4.79 Å². The first-order chi connectivity index (χ1) is 5.96. The smallest absolute Gasteiger partial charge is 0.164 e. The molecule has 1 atom stereocenters. The standard InChI is InChI=1S/C11H22O2/c1-6-11(5,13-7-2)10(12)8-9(3)4/h9H,6-8H2,1-5H3. The molecular weight excluding hydrogens is 164 g/mol. The Labute approximate surface area is 81.7 Å². The van der Waals surface area contributed by atoms with E-state index in [1.54, 1.807) is 0 Å². The molecule has 0 aliphatic heterocycles. The van der Waals surface area contributed by atoms with Gasteiger partial charge in [0, 0.05) is 13.0 Å². The largest absolute Gasteiger partial charge is 0.368 e. The van der Waals surface area contributed by atoms with Gasteiger partial charge in [0.25, 0.3) is 0 Å². The predicted molar refractivity (Wildman–Crippen MR) is 54.8 cm³/mol. The number of rotatable bonds is 6. The summed E-state index contributed by atoms with van der Waals surface area (Å²) in [4.78, 5) is 11.8. The van der Waals surface area contributed by atoms with E-state index in [1.807, 2.05) is 20.8 Å². The van der Waals surface area contributed by atoms with Gasteiger partial charge in [0.2, 0.25) is 0 Å². The fraction of sp³-hybridized carbons (Fsp3) is 0.909. The molecule has 0 radical (unpaired) electrons. The molecule has 2 heteroatoms. The van der Waals surface area contributed by atoms with Gasteiger partial charge in [0.15, 0.2) is 5.78 Å². The highest BCUT2D eigenvalue weighted by molar-refractivity contribution is 5.87. The van der Waals surface area contributed by atoms with Crippen molar-refractivity contribution in [2.45, 2.75) is 53.1 Å². The fourth-order valence-electron chi connectivity index (χ4n) is 1.28. The van der Waals surface area contributed by atoms with Gasteiger partial charge < -0.3 is 4.74 Å². The van der Waals surface area contributed by atoms with Gasteiger partial charge in [0.05, 0.1) is 0 Å². The zero-order chi connectivity index (χ0) is 10.5. The topological polar surface area (TPSA) is 26.3 Å². The molecule has 0 saturated carbocycles. The van der Waals surface area contributed by atoms with E-state index in [0.29, 0.717) is 18.9 Å². The Morgan fingerprint density at radius 3 is 2.23 bits per heavy atom. The van der Waals surface area contributed by atoms with Crippen LogP contribution in [0.3, 0.4) is 0 Å². The first-order valence-corrected chi connectivity index (χ1v) is 5.13. The van der Waals surface area contributed by atoms with E-state index in [0.717, 1.165) is 6.42 Å². The molecule has 0 heterocycles. The summed E-state index contributed by atoms with van der Waals surface area (Å²) in [6.45, 7) is 10.5. The van der Waals surface area contributed by atoms with Crippen LogP contribution in [0.2, 0.25) is 0 Å². The summed E-state index contributed by atoms with van der Waals surface area (Å²) in [6.07, 6.45) is 1.37. The molecule has 78 valence electrons. The number of ketones is 1. The lowest BCUT2D eigenvalue weighted by Crippen LogP contribution is -2.38. The average Bonchev–Trinajstić information content (AvgIpc) is 2.03. The van der Waals surface area contributed by atoms with Crippen molar-refractivity contribution in [1.29, 1.82) is 0 Å². The molecule has 0 saturated heterocycles. The van der Waals surface area contributed by atoms with Crippen LogP contribution in [0, 0.1) is 5.92 Å². The van der Waals surface area contributed by atoms with Gasteiger partial charge in [-0.25, -0.2) is 0 Å². The van der Waals surface area contributed by atoms with E-state index >= 15 is 0 Å². The molecule has 0 aromatic heterocycles. The molecule has 0 fully saturated rings. The van der Waals surface area contributed by atoms with Gasteiger partial charge in [0.1, 0.15) is 5.60 Å². The molecule has 2 nitrogen and oxygen atoms in total. The van der Waals surface area contributed by atoms with Crippen molar-refractivity contribution >= 4 is 5.78 Å². The number of hydrogen-bond acceptors (Lipinski definition) is 2. The van der Waals surface area contributed by atoms with Gasteiger partial charge in [-0.05, 0) is 26.2 Å². The van der Waals surface area contributed by atoms with E-state index < -0.39 is 5.60 Å². The summed E-state index contributed by atoms with van der Waals surface area (Å²) in [6, 6.07) is 0. The summed E-state index contributed by atoms with van der Waals surface area (Å²) in [5.74, 6) is 0.644. The minimum Gasteiger partial charge on any atom is -0.368 e. The lowest BCUT2D eigenvalue weighted by Gasteiger charge is -2.27. The van der Waals surface area contributed by atoms with Crippen LogP contribution >= 0.6 is 0 Å². The first kappa shape index (κ1) is 12.6. The molecule has 0 rings (SSSR count). The van der Waals surface area contributed by atoms with Crippen molar-refractivity contribution in [3.63, 3.8) is 0 Å². The van der Waals surface area contributed by atoms with Crippen LogP contribution in [-0.4, -0.2) is 18.0 Å². The molecule has 0 aromatic carbocycles. The molecule has 0 N–H and O–H groups in total. The number of carbonyl (C=O) groups excluding carboxylic acids is 1. The van der Waals surface area contributed by atoms with E-state index in [2.05, 4.69) is 13.8 Å². The van der Waals surface area contributed by atoms with Crippen LogP contribution in [0.5, 0.6) is 0 Å². The Morgan fingerprint density at radius 2 is 1.92 bits per heavy atom. The maximum Gasteiger partial charge on any atom is 0.164 e. The summed E-state index contributed by atoms with van der Waals surface area (Å²) in [5.41, 5.74) is -0.557. The van der Waals surface area contributed by atoms with Gasteiger partial charge in [-0.15, -0.1) is 0 Å². The molecule has 0 aliphatic rings. The van der Waals surface area contributed by atoms with Gasteiger partial charge in [-0.3, -0.25) is 4.79 Å². The molecule has 13 heavy (non-hydrogen) atoms. The minimum atomic E-state index is -0.557. The van der Waals surface area contributed by atoms with Crippen molar-refractivity contribution in [3.05, 3.63) is 0 Å². The van der Waals surface area contributed by atoms with Crippen LogP contribution in [0.25, 0.3) is 0 Å². The van der Waals surface area contributed by atoms with Crippen molar-refractivity contribution < 1.29 is 9.53 Å². The second-order valence-electron chi connectivity index (χ2n) is 4.04. The van der Waals surface area contributed by atoms with E-state index in [1.165, 1.54) is 0 Å². The van der Waals surface area contributed by atoms with Crippen molar-refractivity contribution in [2.24, 2.45) is 5.92 Å². The second-order valence-corrected chi connectivity index (χ2v) is 4.04. The highest BCUT2D eigenvalue weighted by Gasteiger charge is 2.31. The van der Waals surface area contributed by atoms with Gasteiger partial charge in [-0.2, -0.15) is 0 Å². The number of ether oxygens (including phenoxy) is 1. The zero-order valence-corrected chi connectivity index (χ0v) is 9.52. The van der Waals surface area contributed by atoms with Crippen molar-refractivity contribution in [2.75, 3.05) is 6.61 Å². The summed E-state index contributed by atoms with van der Waals surface area (Å²) in [7, 11) is 0. The van der Waals surface area contributed by atoms with Crippen LogP contribution in [0.1, 0.15) is 47.5 Å². The SMILES string of the molecule is CCOC(C)(CC)C(=O)CC(C)C. The van der Waals surface area contributed by atoms with Crippen LogP contribution in [0.4, 0.5) is 0 Å². The lowest BCUT2D eigenvalue weighted by atomic mass is 9.91. The molecule has 0 spiro atoms. The predicted octanol–water partition coefficient (Wildman–Crippen LogP) is 2.81. The maximum absolute atomic E-state index is 11.8. The zero-order valence-electron chi connectivity index (χ0n) is 9.52. The van der Waals surface area contributed by atoms with Crippen LogP contribution < -0.4 is 0 Å². The Hall–Kier alpha value is -0.370. The quantitative estimate of drug-likeness (QED) is 0.637. The lowest BCUT2D eigenvalue weighted by molar-refractivity contribution is -0.143. The van der Waals surface area contributed by atoms with E-state index in [4.69, 9.17) is 4.74 Å². The Morgan fingerprint density at radius 1 is 1.38 bits per heavy atom.